The van der Waals surface area contributed by atoms with Crippen LogP contribution < -0.4 is 5.69 Å². The molecule has 0 amide bonds. The van der Waals surface area contributed by atoms with Gasteiger partial charge in [-0.1, -0.05) is 48.2 Å². The number of rotatable bonds is 5. The fraction of sp³-hybridized carbons (Fsp3) is 0.188. The number of hydrogen-bond acceptors (Lipinski definition) is 4. The third-order valence-corrected chi connectivity index (χ3v) is 4.18. The minimum Gasteiger partial charge on any atom is -0.285 e. The summed E-state index contributed by atoms with van der Waals surface area (Å²) in [6, 6.07) is 9.88. The van der Waals surface area contributed by atoms with Crippen LogP contribution in [0.4, 0.5) is 0 Å². The quantitative estimate of drug-likeness (QED) is 0.447. The fourth-order valence-corrected chi connectivity index (χ4v) is 3.07. The average Bonchev–Trinajstić information content (AvgIpc) is 2.85. The first-order valence-corrected chi connectivity index (χ1v) is 7.98. The molecule has 0 bridgehead atoms. The molecule has 2 aromatic heterocycles. The maximum absolute atomic E-state index is 12.2. The molecule has 6 heteroatoms. The van der Waals surface area contributed by atoms with Gasteiger partial charge in [-0.2, -0.15) is 9.61 Å². The monoisotopic (exact) mass is 312 g/mol. The molecule has 0 atom stereocenters. The Morgan fingerprint density at radius 1 is 1.36 bits per heavy atom. The van der Waals surface area contributed by atoms with E-state index in [1.807, 2.05) is 43.3 Å². The van der Waals surface area contributed by atoms with E-state index < -0.39 is 0 Å². The molecule has 5 nitrogen and oxygen atoms in total. The molecule has 1 N–H and O–H groups in total. The van der Waals surface area contributed by atoms with Crippen molar-refractivity contribution in [3.8, 4) is 11.1 Å². The van der Waals surface area contributed by atoms with Crippen molar-refractivity contribution in [1.82, 2.24) is 19.6 Å². The van der Waals surface area contributed by atoms with Crippen molar-refractivity contribution < 1.29 is 0 Å². The second-order valence-electron chi connectivity index (χ2n) is 4.83. The number of allylic oxidation sites excluding steroid dienone is 1. The number of nitrogens with zero attached hydrogens (tertiary/aromatic N) is 3. The fourth-order valence-electron chi connectivity index (χ4n) is 2.28. The van der Waals surface area contributed by atoms with E-state index in [0.717, 1.165) is 29.0 Å². The lowest BCUT2D eigenvalue weighted by atomic mass is 10.1. The number of nitrogens with one attached hydrogen (secondary N) is 1. The normalized spacial score (nSPS) is 11.0. The molecule has 1 aromatic carbocycles. The zero-order valence-electron chi connectivity index (χ0n) is 12.2. The number of benzene rings is 1. The van der Waals surface area contributed by atoms with Crippen molar-refractivity contribution in [2.24, 2.45) is 0 Å². The van der Waals surface area contributed by atoms with Crippen molar-refractivity contribution in [2.45, 2.75) is 18.5 Å². The topological polar surface area (TPSA) is 63.1 Å². The van der Waals surface area contributed by atoms with Crippen LogP contribution in [0.5, 0.6) is 0 Å². The highest BCUT2D eigenvalue weighted by atomic mass is 32.2. The molecule has 22 heavy (non-hydrogen) atoms. The molecule has 0 spiro atoms. The molecule has 0 aliphatic heterocycles. The summed E-state index contributed by atoms with van der Waals surface area (Å²) in [5.74, 6) is 0.830. The summed E-state index contributed by atoms with van der Waals surface area (Å²) in [5.41, 5.74) is 3.02. The molecule has 0 saturated carbocycles. The summed E-state index contributed by atoms with van der Waals surface area (Å²) in [7, 11) is 0. The number of fused-ring (bicyclic) bond motifs is 1. The molecule has 0 aliphatic carbocycles. The number of aromatic nitrogens is 4. The Labute approximate surface area is 132 Å². The molecule has 0 saturated heterocycles. The van der Waals surface area contributed by atoms with Gasteiger partial charge in [-0.15, -0.1) is 6.58 Å². The summed E-state index contributed by atoms with van der Waals surface area (Å²) in [6.45, 7) is 5.59. The SMILES string of the molecule is C=CCCSc1nc2c(-c3ccccc3)c(C)nn2c(=O)[nH]1. The molecule has 0 aliphatic rings. The van der Waals surface area contributed by atoms with Crippen LogP contribution >= 0.6 is 11.8 Å². The van der Waals surface area contributed by atoms with Gasteiger partial charge in [0.1, 0.15) is 0 Å². The number of thioether (sulfide) groups is 1. The second-order valence-corrected chi connectivity index (χ2v) is 5.92. The van der Waals surface area contributed by atoms with Gasteiger partial charge in [-0.05, 0) is 18.9 Å². The second kappa shape index (κ2) is 6.19. The maximum Gasteiger partial charge on any atom is 0.350 e. The average molecular weight is 312 g/mol. The summed E-state index contributed by atoms with van der Waals surface area (Å²) in [6.07, 6.45) is 2.71. The van der Waals surface area contributed by atoms with E-state index in [0.29, 0.717) is 10.8 Å². The van der Waals surface area contributed by atoms with Gasteiger partial charge in [0.15, 0.2) is 10.8 Å². The van der Waals surface area contributed by atoms with E-state index in [4.69, 9.17) is 0 Å². The first kappa shape index (κ1) is 14.6. The zero-order chi connectivity index (χ0) is 15.5. The zero-order valence-corrected chi connectivity index (χ0v) is 13.1. The summed E-state index contributed by atoms with van der Waals surface area (Å²) in [5, 5.41) is 4.92. The van der Waals surface area contributed by atoms with Crippen LogP contribution in [0.2, 0.25) is 0 Å². The standard InChI is InChI=1S/C16H16N4OS/c1-3-4-10-22-15-17-14-13(12-8-6-5-7-9-12)11(2)19-20(14)16(21)18-15/h3,5-9H,1,4,10H2,2H3,(H,17,18,21). The maximum atomic E-state index is 12.2. The Morgan fingerprint density at radius 2 is 2.14 bits per heavy atom. The van der Waals surface area contributed by atoms with Crippen molar-refractivity contribution in [3.63, 3.8) is 0 Å². The molecule has 3 aromatic rings. The minimum atomic E-state index is -0.267. The lowest BCUT2D eigenvalue weighted by Gasteiger charge is -2.02. The highest BCUT2D eigenvalue weighted by molar-refractivity contribution is 7.99. The summed E-state index contributed by atoms with van der Waals surface area (Å²) in [4.78, 5) is 19.5. The number of aromatic amines is 1. The van der Waals surface area contributed by atoms with Gasteiger partial charge < -0.3 is 0 Å². The van der Waals surface area contributed by atoms with Gasteiger partial charge in [0, 0.05) is 11.3 Å². The first-order valence-electron chi connectivity index (χ1n) is 6.99. The van der Waals surface area contributed by atoms with Crippen LogP contribution in [0.1, 0.15) is 12.1 Å². The smallest absolute Gasteiger partial charge is 0.285 e. The Hall–Kier alpha value is -2.34. The third-order valence-electron chi connectivity index (χ3n) is 3.27. The highest BCUT2D eigenvalue weighted by Crippen LogP contribution is 2.26. The number of hydrogen-bond donors (Lipinski definition) is 1. The lowest BCUT2D eigenvalue weighted by Crippen LogP contribution is -2.19. The first-order chi connectivity index (χ1) is 10.7. The van der Waals surface area contributed by atoms with E-state index in [2.05, 4.69) is 21.6 Å². The summed E-state index contributed by atoms with van der Waals surface area (Å²) >= 11 is 1.51. The van der Waals surface area contributed by atoms with Gasteiger partial charge in [-0.25, -0.2) is 9.78 Å². The van der Waals surface area contributed by atoms with Crippen molar-refractivity contribution in [3.05, 3.63) is 59.2 Å². The van der Waals surface area contributed by atoms with E-state index in [1.54, 1.807) is 0 Å². The van der Waals surface area contributed by atoms with E-state index in [1.165, 1.54) is 16.3 Å². The van der Waals surface area contributed by atoms with E-state index in [9.17, 15) is 4.79 Å². The molecule has 112 valence electrons. The largest absolute Gasteiger partial charge is 0.350 e. The van der Waals surface area contributed by atoms with Crippen LogP contribution in [0, 0.1) is 6.92 Å². The molecular formula is C16H16N4OS. The Kier molecular flexibility index (Phi) is 4.11. The van der Waals surface area contributed by atoms with Gasteiger partial charge >= 0.3 is 5.69 Å². The van der Waals surface area contributed by atoms with Crippen molar-refractivity contribution >= 4 is 17.4 Å². The molecule has 3 rings (SSSR count). The van der Waals surface area contributed by atoms with Crippen LogP contribution in [0.15, 0.2) is 52.9 Å². The number of aryl methyl sites for hydroxylation is 1. The van der Waals surface area contributed by atoms with Crippen LogP contribution in [0.25, 0.3) is 16.8 Å². The predicted molar refractivity (Wildman–Crippen MR) is 89.3 cm³/mol. The van der Waals surface area contributed by atoms with E-state index >= 15 is 0 Å². The minimum absolute atomic E-state index is 0.267. The molecular weight excluding hydrogens is 296 g/mol. The van der Waals surface area contributed by atoms with Crippen molar-refractivity contribution in [1.29, 1.82) is 0 Å². The Morgan fingerprint density at radius 3 is 2.86 bits per heavy atom. The highest BCUT2D eigenvalue weighted by Gasteiger charge is 2.15. The molecule has 0 fully saturated rings. The van der Waals surface area contributed by atoms with Gasteiger partial charge in [0.2, 0.25) is 0 Å². The lowest BCUT2D eigenvalue weighted by molar-refractivity contribution is 0.779. The predicted octanol–water partition coefficient (Wildman–Crippen LogP) is 3.06. The van der Waals surface area contributed by atoms with E-state index in [-0.39, 0.29) is 5.69 Å². The van der Waals surface area contributed by atoms with Crippen LogP contribution in [-0.4, -0.2) is 25.3 Å². The van der Waals surface area contributed by atoms with Crippen LogP contribution in [-0.2, 0) is 0 Å². The Balaban J connectivity index is 2.14. The Bertz CT molecular complexity index is 867. The third kappa shape index (κ3) is 2.69. The molecule has 0 unspecified atom stereocenters. The molecule has 0 radical (unpaired) electrons. The van der Waals surface area contributed by atoms with Gasteiger partial charge in [0.05, 0.1) is 5.69 Å². The van der Waals surface area contributed by atoms with Crippen LogP contribution in [0.3, 0.4) is 0 Å². The van der Waals surface area contributed by atoms with Gasteiger partial charge in [-0.3, -0.25) is 4.98 Å². The van der Waals surface area contributed by atoms with Crippen molar-refractivity contribution in [2.75, 3.05) is 5.75 Å². The number of H-pyrrole nitrogens is 1. The summed E-state index contributed by atoms with van der Waals surface area (Å²) < 4.78 is 1.33. The van der Waals surface area contributed by atoms with Gasteiger partial charge in [0.25, 0.3) is 0 Å². The molecule has 2 heterocycles.